The molecule has 0 radical (unpaired) electrons. The van der Waals surface area contributed by atoms with Gasteiger partial charge >= 0.3 is 135 Å². The fraction of sp³-hybridized carbons (Fsp3) is 0. The molecule has 17 heavy (non-hydrogen) atoms. The molecular weight excluding hydrogens is 831 g/mol. The Morgan fingerprint density at radius 3 is 0.471 bits per heavy atom. The summed E-state index contributed by atoms with van der Waals surface area (Å²) in [6.07, 6.45) is 0. The van der Waals surface area contributed by atoms with E-state index >= 15 is 0 Å². The van der Waals surface area contributed by atoms with Crippen LogP contribution in [0.1, 0.15) is 0 Å². The smallest absolute Gasteiger partial charge is 4.00 e. The van der Waals surface area contributed by atoms with E-state index in [4.69, 9.17) is 39.5 Å². The van der Waals surface area contributed by atoms with E-state index in [9.17, 15) is 0 Å². The molecule has 0 heterocycles. The van der Waals surface area contributed by atoms with Crippen LogP contribution in [0.15, 0.2) is 0 Å². The fourth-order valence-electron chi connectivity index (χ4n) is 0. The van der Waals surface area contributed by atoms with Crippen molar-refractivity contribution in [1.82, 2.24) is 0 Å². The van der Waals surface area contributed by atoms with Gasteiger partial charge in [-0.2, -0.15) is 0 Å². The molecule has 0 aliphatic heterocycles. The van der Waals surface area contributed by atoms with Crippen LogP contribution in [0, 0.1) is 0 Å². The molecule has 17 heteroatoms. The molecule has 0 aliphatic rings. The van der Waals surface area contributed by atoms with Crippen LogP contribution >= 0.6 is 0 Å². The molecular formula is H2GeO12Te3W. The summed E-state index contributed by atoms with van der Waals surface area (Å²) in [4.78, 5) is 0. The molecule has 0 bridgehead atoms. The second kappa shape index (κ2) is 13.2. The summed E-state index contributed by atoms with van der Waals surface area (Å²) < 4.78 is 104. The summed E-state index contributed by atoms with van der Waals surface area (Å²) in [5, 5.41) is 0. The van der Waals surface area contributed by atoms with Crippen molar-refractivity contribution in [3.63, 3.8) is 0 Å². The van der Waals surface area contributed by atoms with E-state index in [0.29, 0.717) is 0 Å². The van der Waals surface area contributed by atoms with Crippen LogP contribution in [0.25, 0.3) is 0 Å². The Balaban J connectivity index is -0.0000000400. The van der Waals surface area contributed by atoms with Crippen LogP contribution in [-0.4, -0.2) is 74.5 Å². The van der Waals surface area contributed by atoms with E-state index in [1.165, 1.54) is 0 Å². The van der Waals surface area contributed by atoms with E-state index in [1.54, 1.807) is 0 Å². The summed E-state index contributed by atoms with van der Waals surface area (Å²) in [5.74, 6) is 0. The van der Waals surface area contributed by atoms with Crippen molar-refractivity contribution in [2.75, 3.05) is 0 Å². The molecule has 0 atom stereocenters. The Morgan fingerprint density at radius 2 is 0.471 bits per heavy atom. The van der Waals surface area contributed by atoms with Crippen molar-refractivity contribution in [2.24, 2.45) is 0 Å². The van der Waals surface area contributed by atoms with E-state index < -0.39 is 56.9 Å². The maximum absolute atomic E-state index is 8.63. The van der Waals surface area contributed by atoms with Crippen LogP contribution in [-0.2, 0) is 39.7 Å². The van der Waals surface area contributed by atoms with E-state index in [1.807, 2.05) is 0 Å². The number of hydrogen-bond donors (Lipinski definition) is 0. The zero-order chi connectivity index (χ0) is 13.5. The van der Waals surface area contributed by atoms with Gasteiger partial charge in [0.05, 0.1) is 0 Å². The predicted octanol–water partition coefficient (Wildman–Crippen LogP) is -9.91. The normalized spacial score (nSPS) is 10.2. The van der Waals surface area contributed by atoms with Crippen LogP contribution in [0.4, 0.5) is 0 Å². The summed E-state index contributed by atoms with van der Waals surface area (Å²) >= 11 is -18.1. The van der Waals surface area contributed by atoms with Gasteiger partial charge in [-0.15, -0.1) is 0 Å². The third kappa shape index (κ3) is 1020. The molecule has 0 saturated heterocycles. The van der Waals surface area contributed by atoms with Crippen molar-refractivity contribution < 1.29 is 60.5 Å². The minimum atomic E-state index is -6.02. The third-order valence-electron chi connectivity index (χ3n) is 0. The Hall–Kier alpha value is 2.16. The van der Waals surface area contributed by atoms with Gasteiger partial charge in [-0.25, -0.2) is 0 Å². The quantitative estimate of drug-likeness (QED) is 0.207. The molecule has 0 amide bonds. The van der Waals surface area contributed by atoms with Crippen LogP contribution in [0.2, 0.25) is 0 Å². The SMILES string of the molecule is O=[Te](=O)([O-])[O-].O=[Te](=O)([O-])[O-].O=[Te](=O)([O-])[O-].[GeH2+2].[W+4]. The Labute approximate surface area is 133 Å². The van der Waals surface area contributed by atoms with Gasteiger partial charge in [0.1, 0.15) is 0 Å². The average Bonchev–Trinajstić information content (AvgIpc) is 1.41. The van der Waals surface area contributed by atoms with Crippen molar-refractivity contribution in [1.29, 1.82) is 0 Å². The third-order valence-corrected chi connectivity index (χ3v) is 0. The largest absolute Gasteiger partial charge is 4.00 e. The van der Waals surface area contributed by atoms with E-state index in [0.717, 1.165) is 0 Å². The zero-order valence-electron chi connectivity index (χ0n) is 7.24. The Morgan fingerprint density at radius 1 is 0.471 bits per heavy atom. The second-order valence-corrected chi connectivity index (χ2v) is 8.22. The van der Waals surface area contributed by atoms with Gasteiger partial charge in [0.2, 0.25) is 0 Å². The van der Waals surface area contributed by atoms with Gasteiger partial charge in [-0.3, -0.25) is 0 Å². The van der Waals surface area contributed by atoms with Crippen molar-refractivity contribution in [3.05, 3.63) is 0 Å². The number of rotatable bonds is 0. The van der Waals surface area contributed by atoms with Gasteiger partial charge < -0.3 is 0 Å². The second-order valence-electron chi connectivity index (χ2n) is 1.22. The first-order valence-electron chi connectivity index (χ1n) is 2.00. The molecule has 0 aromatic carbocycles. The van der Waals surface area contributed by atoms with Crippen molar-refractivity contribution in [3.8, 4) is 0 Å². The standard InChI is InChI=1S/GeH2.3H2O4Te.W/c;3*1-5(2,3)4;/h1H2;3*(H2,1,2,3,4);/q+2;;;;+4/p-6. The first-order chi connectivity index (χ1) is 6.00. The van der Waals surface area contributed by atoms with Crippen molar-refractivity contribution >= 4 is 74.5 Å². The topological polar surface area (TPSA) is 241 Å². The number of hydrogen-bond acceptors (Lipinski definition) is 12. The molecule has 102 valence electrons. The minimum absolute atomic E-state index is 0. The molecule has 0 aromatic heterocycles. The molecule has 0 rings (SSSR count). The van der Waals surface area contributed by atoms with Crippen LogP contribution in [0.3, 0.4) is 0 Å². The Kier molecular flexibility index (Phi) is 24.4. The van der Waals surface area contributed by atoms with Gasteiger partial charge in [-0.05, 0) is 0 Å². The van der Waals surface area contributed by atoms with E-state index in [-0.39, 0.29) is 38.7 Å². The summed E-state index contributed by atoms with van der Waals surface area (Å²) in [5.41, 5.74) is 0. The van der Waals surface area contributed by atoms with Crippen molar-refractivity contribution in [2.45, 2.75) is 0 Å². The van der Waals surface area contributed by atoms with Gasteiger partial charge in [0, 0.05) is 0 Å². The summed E-state index contributed by atoms with van der Waals surface area (Å²) in [6.45, 7) is 0. The van der Waals surface area contributed by atoms with Gasteiger partial charge in [-0.1, -0.05) is 0 Å². The molecule has 0 N–H and O–H groups in total. The molecule has 0 unspecified atom stereocenters. The summed E-state index contributed by atoms with van der Waals surface area (Å²) in [7, 11) is 0. The average molecular weight is 833 g/mol. The van der Waals surface area contributed by atoms with Gasteiger partial charge in [0.25, 0.3) is 0 Å². The molecule has 12 nitrogen and oxygen atoms in total. The molecule has 0 fully saturated rings. The molecule has 0 aliphatic carbocycles. The van der Waals surface area contributed by atoms with Crippen LogP contribution < -0.4 is 20.8 Å². The first-order valence-corrected chi connectivity index (χ1v) is 13.4. The maximum Gasteiger partial charge on any atom is 4.00 e. The first kappa shape index (κ1) is 31.5. The molecule has 0 aromatic rings. The minimum Gasteiger partial charge on any atom is 4.00 e. The predicted molar refractivity (Wildman–Crippen MR) is 29.9 cm³/mol. The Bertz CT molecular complexity index is 343. The monoisotopic (exact) mass is 842 g/mol. The molecule has 0 saturated carbocycles. The van der Waals surface area contributed by atoms with E-state index in [2.05, 4.69) is 0 Å². The maximum atomic E-state index is 8.63. The summed E-state index contributed by atoms with van der Waals surface area (Å²) in [6, 6.07) is 0. The molecule has 0 spiro atoms. The zero-order valence-corrected chi connectivity index (χ0v) is 20.1. The van der Waals surface area contributed by atoms with Crippen LogP contribution in [0.5, 0.6) is 0 Å². The van der Waals surface area contributed by atoms with Gasteiger partial charge in [0.15, 0.2) is 0 Å². The fourth-order valence-corrected chi connectivity index (χ4v) is 0.